The van der Waals surface area contributed by atoms with Crippen molar-refractivity contribution < 1.29 is 13.6 Å². The van der Waals surface area contributed by atoms with E-state index in [4.69, 9.17) is 15.4 Å². The monoisotopic (exact) mass is 301 g/mol. The van der Waals surface area contributed by atoms with Crippen LogP contribution in [0.15, 0.2) is 34.9 Å². The normalized spacial score (nSPS) is 11.8. The van der Waals surface area contributed by atoms with Gasteiger partial charge in [-0.05, 0) is 37.1 Å². The van der Waals surface area contributed by atoms with Gasteiger partial charge in [0.1, 0.15) is 12.1 Å². The summed E-state index contributed by atoms with van der Waals surface area (Å²) in [6, 6.07) is 7.87. The highest BCUT2D eigenvalue weighted by Crippen LogP contribution is 2.28. The summed E-state index contributed by atoms with van der Waals surface area (Å²) in [7, 11) is 0. The molecular weight excluding hydrogens is 285 g/mol. The van der Waals surface area contributed by atoms with Gasteiger partial charge in [0.2, 0.25) is 11.8 Å². The van der Waals surface area contributed by atoms with E-state index in [0.717, 1.165) is 0 Å². The van der Waals surface area contributed by atoms with E-state index in [0.29, 0.717) is 36.4 Å². The van der Waals surface area contributed by atoms with Crippen LogP contribution in [-0.2, 0) is 4.79 Å². The molecule has 1 unspecified atom stereocenters. The van der Waals surface area contributed by atoms with Crippen LogP contribution in [0.4, 0.5) is 4.39 Å². The molecule has 0 bridgehead atoms. The number of rotatable bonds is 7. The van der Waals surface area contributed by atoms with Crippen LogP contribution in [0.1, 0.15) is 37.3 Å². The number of oxazole rings is 1. The Kier molecular flexibility index (Phi) is 5.26. The Balaban J connectivity index is 2.16. The summed E-state index contributed by atoms with van der Waals surface area (Å²) >= 11 is 0. The van der Waals surface area contributed by atoms with Crippen LogP contribution in [-0.4, -0.2) is 10.9 Å². The molecule has 1 aromatic heterocycles. The van der Waals surface area contributed by atoms with Crippen molar-refractivity contribution in [3.8, 4) is 17.5 Å². The first-order valence-corrected chi connectivity index (χ1v) is 6.96. The number of benzene rings is 1. The van der Waals surface area contributed by atoms with E-state index < -0.39 is 5.91 Å². The molecule has 2 N–H and O–H groups in total. The number of primary amides is 1. The van der Waals surface area contributed by atoms with Crippen molar-refractivity contribution >= 4 is 5.91 Å². The molecule has 114 valence electrons. The number of nitrogens with two attached hydrogens (primary N) is 1. The SMILES string of the molecule is N#CCCCC(CC(N)=O)c1coc(-c2ccc(F)cc2)n1. The van der Waals surface area contributed by atoms with Gasteiger partial charge in [0.25, 0.3) is 0 Å². The standard InChI is InChI=1S/C16H16FN3O2/c17-13-6-4-11(5-7-13)16-20-14(10-22-16)12(9-15(19)21)3-1-2-8-18/h4-7,10,12H,1-3,9H2,(H2,19,21). The first-order chi connectivity index (χ1) is 10.6. The van der Waals surface area contributed by atoms with Gasteiger partial charge >= 0.3 is 0 Å². The summed E-state index contributed by atoms with van der Waals surface area (Å²) in [5.74, 6) is -0.569. The minimum absolute atomic E-state index is 0.154. The first-order valence-electron chi connectivity index (χ1n) is 6.96. The summed E-state index contributed by atoms with van der Waals surface area (Å²) in [6.07, 6.45) is 3.34. The Hall–Kier alpha value is -2.68. The molecule has 1 aromatic carbocycles. The Morgan fingerprint density at radius 1 is 1.41 bits per heavy atom. The lowest BCUT2D eigenvalue weighted by molar-refractivity contribution is -0.118. The second kappa shape index (κ2) is 7.36. The third-order valence-electron chi connectivity index (χ3n) is 3.32. The molecule has 0 saturated heterocycles. The van der Waals surface area contributed by atoms with Crippen LogP contribution in [0.3, 0.4) is 0 Å². The average Bonchev–Trinajstić information content (AvgIpc) is 2.96. The third-order valence-corrected chi connectivity index (χ3v) is 3.32. The summed E-state index contributed by atoms with van der Waals surface area (Å²) in [5, 5.41) is 8.60. The Morgan fingerprint density at radius 3 is 2.77 bits per heavy atom. The van der Waals surface area contributed by atoms with E-state index in [9.17, 15) is 9.18 Å². The first kappa shape index (κ1) is 15.7. The summed E-state index contributed by atoms with van der Waals surface area (Å²) in [5.41, 5.74) is 6.54. The lowest BCUT2D eigenvalue weighted by atomic mass is 9.95. The number of unbranched alkanes of at least 4 members (excludes halogenated alkanes) is 1. The summed E-state index contributed by atoms with van der Waals surface area (Å²) < 4.78 is 18.3. The van der Waals surface area contributed by atoms with E-state index >= 15 is 0 Å². The van der Waals surface area contributed by atoms with Gasteiger partial charge in [-0.1, -0.05) is 0 Å². The van der Waals surface area contributed by atoms with E-state index in [2.05, 4.69) is 11.1 Å². The van der Waals surface area contributed by atoms with E-state index in [1.165, 1.54) is 18.4 Å². The molecule has 1 atom stereocenters. The summed E-state index contributed by atoms with van der Waals surface area (Å²) in [4.78, 5) is 15.5. The second-order valence-electron chi connectivity index (χ2n) is 5.00. The van der Waals surface area contributed by atoms with E-state index in [1.54, 1.807) is 12.1 Å². The lowest BCUT2D eigenvalue weighted by Gasteiger charge is -2.10. The largest absolute Gasteiger partial charge is 0.444 e. The summed E-state index contributed by atoms with van der Waals surface area (Å²) in [6.45, 7) is 0. The smallest absolute Gasteiger partial charge is 0.226 e. The lowest BCUT2D eigenvalue weighted by Crippen LogP contribution is -2.15. The number of amides is 1. The molecule has 2 rings (SSSR count). The van der Waals surface area contributed by atoms with Gasteiger partial charge < -0.3 is 10.2 Å². The van der Waals surface area contributed by atoms with Gasteiger partial charge in [-0.25, -0.2) is 9.37 Å². The number of hydrogen-bond donors (Lipinski definition) is 1. The molecule has 0 saturated carbocycles. The fourth-order valence-electron chi connectivity index (χ4n) is 2.22. The second-order valence-corrected chi connectivity index (χ2v) is 5.00. The van der Waals surface area contributed by atoms with Crippen molar-refractivity contribution in [3.05, 3.63) is 42.0 Å². The maximum atomic E-state index is 12.9. The van der Waals surface area contributed by atoms with Crippen molar-refractivity contribution in [2.45, 2.75) is 31.6 Å². The Bertz CT molecular complexity index is 673. The molecule has 0 spiro atoms. The predicted octanol–water partition coefficient (Wildman–Crippen LogP) is 3.13. The molecule has 2 aromatic rings. The van der Waals surface area contributed by atoms with Gasteiger partial charge in [0, 0.05) is 24.3 Å². The van der Waals surface area contributed by atoms with E-state index in [1.807, 2.05) is 0 Å². The molecule has 22 heavy (non-hydrogen) atoms. The highest BCUT2D eigenvalue weighted by molar-refractivity contribution is 5.74. The number of carbonyl (C=O) groups is 1. The number of aromatic nitrogens is 1. The Morgan fingerprint density at radius 2 is 2.14 bits per heavy atom. The van der Waals surface area contributed by atoms with Gasteiger partial charge in [0.15, 0.2) is 0 Å². The number of nitriles is 1. The molecule has 1 heterocycles. The highest BCUT2D eigenvalue weighted by Gasteiger charge is 2.19. The maximum Gasteiger partial charge on any atom is 0.226 e. The van der Waals surface area contributed by atoms with Crippen molar-refractivity contribution in [1.82, 2.24) is 4.98 Å². The van der Waals surface area contributed by atoms with Crippen molar-refractivity contribution in [1.29, 1.82) is 5.26 Å². The van der Waals surface area contributed by atoms with Crippen LogP contribution < -0.4 is 5.73 Å². The molecule has 0 radical (unpaired) electrons. The van der Waals surface area contributed by atoms with Crippen LogP contribution in [0.2, 0.25) is 0 Å². The fraction of sp³-hybridized carbons (Fsp3) is 0.312. The zero-order chi connectivity index (χ0) is 15.9. The molecule has 0 aliphatic rings. The zero-order valence-corrected chi connectivity index (χ0v) is 12.0. The van der Waals surface area contributed by atoms with Crippen LogP contribution in [0.25, 0.3) is 11.5 Å². The average molecular weight is 301 g/mol. The van der Waals surface area contributed by atoms with Gasteiger partial charge in [-0.2, -0.15) is 5.26 Å². The van der Waals surface area contributed by atoms with Crippen LogP contribution in [0, 0.1) is 17.1 Å². The highest BCUT2D eigenvalue weighted by atomic mass is 19.1. The van der Waals surface area contributed by atoms with Gasteiger partial charge in [-0.3, -0.25) is 4.79 Å². The van der Waals surface area contributed by atoms with Gasteiger partial charge in [0.05, 0.1) is 11.8 Å². The quantitative estimate of drug-likeness (QED) is 0.795. The molecule has 0 aliphatic carbocycles. The van der Waals surface area contributed by atoms with Crippen molar-refractivity contribution in [2.24, 2.45) is 5.73 Å². The molecule has 1 amide bonds. The van der Waals surface area contributed by atoms with Crippen LogP contribution >= 0.6 is 0 Å². The maximum absolute atomic E-state index is 12.9. The molecule has 6 heteroatoms. The van der Waals surface area contributed by atoms with Crippen molar-refractivity contribution in [3.63, 3.8) is 0 Å². The predicted molar refractivity (Wildman–Crippen MR) is 77.9 cm³/mol. The number of hydrogen-bond acceptors (Lipinski definition) is 4. The molecule has 0 aliphatic heterocycles. The molecule has 5 nitrogen and oxygen atoms in total. The number of carbonyl (C=O) groups excluding carboxylic acids is 1. The van der Waals surface area contributed by atoms with Crippen LogP contribution in [0.5, 0.6) is 0 Å². The van der Waals surface area contributed by atoms with E-state index in [-0.39, 0.29) is 18.2 Å². The number of halogens is 1. The Labute approximate surface area is 127 Å². The molecule has 0 fully saturated rings. The fourth-order valence-corrected chi connectivity index (χ4v) is 2.22. The zero-order valence-electron chi connectivity index (χ0n) is 12.0. The molecular formula is C16H16FN3O2. The minimum Gasteiger partial charge on any atom is -0.444 e. The van der Waals surface area contributed by atoms with Gasteiger partial charge in [-0.15, -0.1) is 0 Å². The minimum atomic E-state index is -0.423. The van der Waals surface area contributed by atoms with Crippen molar-refractivity contribution in [2.75, 3.05) is 0 Å². The third kappa shape index (κ3) is 4.16. The topological polar surface area (TPSA) is 92.9 Å². The number of nitrogens with zero attached hydrogens (tertiary/aromatic N) is 2.